The molecule has 1 aliphatic heterocycles. The molecule has 1 saturated heterocycles. The van der Waals surface area contributed by atoms with Gasteiger partial charge in [-0.15, -0.1) is 0 Å². The SMILES string of the molecule is O=C(c1cnc(NCCc2c[nH]c3cc(F)ccc23)c(Cl)c1)N1CCOCC1. The van der Waals surface area contributed by atoms with Gasteiger partial charge in [-0.2, -0.15) is 0 Å². The van der Waals surface area contributed by atoms with Crippen LogP contribution in [0.15, 0.2) is 36.7 Å². The first-order valence-corrected chi connectivity index (χ1v) is 9.51. The standard InChI is InChI=1S/C20H20ClFN4O2/c21-17-9-14(20(27)26-5-7-28-8-6-26)12-25-19(17)23-4-3-13-11-24-18-10-15(22)1-2-16(13)18/h1-2,9-12,24H,3-8H2,(H,23,25). The second kappa shape index (κ2) is 8.16. The molecule has 0 atom stereocenters. The lowest BCUT2D eigenvalue weighted by molar-refractivity contribution is 0.0302. The number of carbonyl (C=O) groups is 1. The van der Waals surface area contributed by atoms with E-state index in [1.54, 1.807) is 23.2 Å². The Morgan fingerprint density at radius 1 is 1.32 bits per heavy atom. The number of H-pyrrole nitrogens is 1. The summed E-state index contributed by atoms with van der Waals surface area (Å²) >= 11 is 6.32. The minimum absolute atomic E-state index is 0.0877. The Labute approximate surface area is 166 Å². The average molecular weight is 403 g/mol. The third kappa shape index (κ3) is 3.95. The molecule has 8 heteroatoms. The van der Waals surface area contributed by atoms with Gasteiger partial charge in [-0.3, -0.25) is 4.79 Å². The molecule has 2 aromatic heterocycles. The molecule has 0 unspecified atom stereocenters. The molecule has 0 bridgehead atoms. The van der Waals surface area contributed by atoms with Gasteiger partial charge >= 0.3 is 0 Å². The molecule has 1 aliphatic rings. The Hall–Kier alpha value is -2.64. The minimum Gasteiger partial charge on any atom is -0.378 e. The number of carbonyl (C=O) groups excluding carboxylic acids is 1. The van der Waals surface area contributed by atoms with E-state index < -0.39 is 0 Å². The molecule has 0 saturated carbocycles. The molecular weight excluding hydrogens is 383 g/mol. The van der Waals surface area contributed by atoms with E-state index in [1.165, 1.54) is 12.1 Å². The van der Waals surface area contributed by atoms with Crippen molar-refractivity contribution in [2.24, 2.45) is 0 Å². The van der Waals surface area contributed by atoms with Gasteiger partial charge in [0.2, 0.25) is 0 Å². The molecule has 1 amide bonds. The predicted octanol–water partition coefficient (Wildman–Crippen LogP) is 3.48. The quantitative estimate of drug-likeness (QED) is 0.685. The fourth-order valence-electron chi connectivity index (χ4n) is 3.31. The highest BCUT2D eigenvalue weighted by molar-refractivity contribution is 6.33. The summed E-state index contributed by atoms with van der Waals surface area (Å²) in [6.45, 7) is 2.85. The molecule has 1 aromatic carbocycles. The number of hydrogen-bond acceptors (Lipinski definition) is 4. The van der Waals surface area contributed by atoms with Gasteiger partial charge in [0.15, 0.2) is 0 Å². The first-order chi connectivity index (χ1) is 13.6. The summed E-state index contributed by atoms with van der Waals surface area (Å²) in [7, 11) is 0. The van der Waals surface area contributed by atoms with Crippen LogP contribution in [0, 0.1) is 5.82 Å². The smallest absolute Gasteiger partial charge is 0.255 e. The molecule has 3 aromatic rings. The minimum atomic E-state index is -0.262. The van der Waals surface area contributed by atoms with Crippen molar-refractivity contribution in [1.29, 1.82) is 0 Å². The fraction of sp³-hybridized carbons (Fsp3) is 0.300. The summed E-state index contributed by atoms with van der Waals surface area (Å²) in [5.74, 6) is 0.183. The van der Waals surface area contributed by atoms with E-state index in [2.05, 4.69) is 15.3 Å². The number of ether oxygens (including phenoxy) is 1. The number of rotatable bonds is 5. The number of nitrogens with one attached hydrogen (secondary N) is 2. The first kappa shape index (κ1) is 18.7. The topological polar surface area (TPSA) is 70.2 Å². The van der Waals surface area contributed by atoms with Crippen molar-refractivity contribution in [3.63, 3.8) is 0 Å². The van der Waals surface area contributed by atoms with E-state index in [9.17, 15) is 9.18 Å². The summed E-state index contributed by atoms with van der Waals surface area (Å²) in [5, 5.41) is 4.59. The number of hydrogen-bond donors (Lipinski definition) is 2. The van der Waals surface area contributed by atoms with Crippen molar-refractivity contribution in [1.82, 2.24) is 14.9 Å². The molecule has 6 nitrogen and oxygen atoms in total. The molecular formula is C20H20ClFN4O2. The van der Waals surface area contributed by atoms with Crippen LogP contribution in [0.5, 0.6) is 0 Å². The Morgan fingerprint density at radius 3 is 2.93 bits per heavy atom. The number of benzene rings is 1. The molecule has 2 N–H and O–H groups in total. The van der Waals surface area contributed by atoms with Gasteiger partial charge in [-0.25, -0.2) is 9.37 Å². The third-order valence-electron chi connectivity index (χ3n) is 4.80. The number of morpholine rings is 1. The maximum atomic E-state index is 13.3. The molecule has 3 heterocycles. The lowest BCUT2D eigenvalue weighted by Gasteiger charge is -2.26. The molecule has 146 valence electrons. The van der Waals surface area contributed by atoms with Crippen LogP contribution < -0.4 is 5.32 Å². The fourth-order valence-corrected chi connectivity index (χ4v) is 3.55. The van der Waals surface area contributed by atoms with E-state index in [-0.39, 0.29) is 11.7 Å². The van der Waals surface area contributed by atoms with Crippen LogP contribution in [-0.4, -0.2) is 53.6 Å². The highest BCUT2D eigenvalue weighted by Gasteiger charge is 2.19. The van der Waals surface area contributed by atoms with Crippen molar-refractivity contribution in [2.75, 3.05) is 38.2 Å². The van der Waals surface area contributed by atoms with Crippen molar-refractivity contribution < 1.29 is 13.9 Å². The van der Waals surface area contributed by atoms with Crippen LogP contribution in [-0.2, 0) is 11.2 Å². The van der Waals surface area contributed by atoms with E-state index in [4.69, 9.17) is 16.3 Å². The molecule has 1 fully saturated rings. The number of aromatic nitrogens is 2. The lowest BCUT2D eigenvalue weighted by Crippen LogP contribution is -2.40. The summed E-state index contributed by atoms with van der Waals surface area (Å²) < 4.78 is 18.6. The number of amides is 1. The van der Waals surface area contributed by atoms with Gasteiger partial charge in [-0.1, -0.05) is 11.6 Å². The highest BCUT2D eigenvalue weighted by atomic mass is 35.5. The lowest BCUT2D eigenvalue weighted by atomic mass is 10.1. The van der Waals surface area contributed by atoms with E-state index in [0.717, 1.165) is 22.9 Å². The highest BCUT2D eigenvalue weighted by Crippen LogP contribution is 2.23. The van der Waals surface area contributed by atoms with Crippen LogP contribution in [0.1, 0.15) is 15.9 Å². The summed E-state index contributed by atoms with van der Waals surface area (Å²) in [4.78, 5) is 21.6. The summed E-state index contributed by atoms with van der Waals surface area (Å²) in [6, 6.07) is 6.35. The monoisotopic (exact) mass is 402 g/mol. The van der Waals surface area contributed by atoms with Crippen molar-refractivity contribution in [3.8, 4) is 0 Å². The first-order valence-electron chi connectivity index (χ1n) is 9.14. The van der Waals surface area contributed by atoms with Crippen molar-refractivity contribution in [2.45, 2.75) is 6.42 Å². The number of fused-ring (bicyclic) bond motifs is 1. The number of halogens is 2. The second-order valence-corrected chi connectivity index (χ2v) is 7.05. The molecule has 0 radical (unpaired) electrons. The third-order valence-corrected chi connectivity index (χ3v) is 5.09. The Balaban J connectivity index is 1.39. The number of anilines is 1. The average Bonchev–Trinajstić information content (AvgIpc) is 3.11. The maximum Gasteiger partial charge on any atom is 0.255 e. The maximum absolute atomic E-state index is 13.3. The van der Waals surface area contributed by atoms with Gasteiger partial charge in [0.05, 0.1) is 23.8 Å². The van der Waals surface area contributed by atoms with Crippen LogP contribution >= 0.6 is 11.6 Å². The zero-order valence-electron chi connectivity index (χ0n) is 15.2. The van der Waals surface area contributed by atoms with Gasteiger partial charge in [-0.05, 0) is 36.2 Å². The van der Waals surface area contributed by atoms with Gasteiger partial charge < -0.3 is 19.9 Å². The molecule has 0 spiro atoms. The molecule has 0 aliphatic carbocycles. The van der Waals surface area contributed by atoms with Crippen molar-refractivity contribution in [3.05, 3.63) is 58.6 Å². The number of nitrogens with zero attached hydrogens (tertiary/aromatic N) is 2. The van der Waals surface area contributed by atoms with Crippen LogP contribution in [0.2, 0.25) is 5.02 Å². The number of pyridine rings is 1. The molecule has 28 heavy (non-hydrogen) atoms. The van der Waals surface area contributed by atoms with Gasteiger partial charge in [0, 0.05) is 42.9 Å². The largest absolute Gasteiger partial charge is 0.378 e. The Bertz CT molecular complexity index is 1000. The van der Waals surface area contributed by atoms with Crippen molar-refractivity contribution >= 4 is 34.2 Å². The summed E-state index contributed by atoms with van der Waals surface area (Å²) in [5.41, 5.74) is 2.32. The zero-order valence-corrected chi connectivity index (χ0v) is 15.9. The van der Waals surface area contributed by atoms with Crippen LogP contribution in [0.3, 0.4) is 0 Å². The van der Waals surface area contributed by atoms with Gasteiger partial charge in [0.1, 0.15) is 11.6 Å². The normalized spacial score (nSPS) is 14.4. The van der Waals surface area contributed by atoms with E-state index >= 15 is 0 Å². The number of aromatic amines is 1. The van der Waals surface area contributed by atoms with E-state index in [0.29, 0.717) is 49.3 Å². The van der Waals surface area contributed by atoms with Crippen LogP contribution in [0.25, 0.3) is 10.9 Å². The Morgan fingerprint density at radius 2 is 2.14 bits per heavy atom. The second-order valence-electron chi connectivity index (χ2n) is 6.64. The predicted molar refractivity (Wildman–Crippen MR) is 106 cm³/mol. The van der Waals surface area contributed by atoms with Crippen LogP contribution in [0.4, 0.5) is 10.2 Å². The van der Waals surface area contributed by atoms with E-state index in [1.807, 2.05) is 6.20 Å². The molecule has 4 rings (SSSR count). The van der Waals surface area contributed by atoms with Gasteiger partial charge in [0.25, 0.3) is 5.91 Å². The zero-order chi connectivity index (χ0) is 19.5. The summed E-state index contributed by atoms with van der Waals surface area (Å²) in [6.07, 6.45) is 4.14. The Kier molecular flexibility index (Phi) is 5.45.